The van der Waals surface area contributed by atoms with Crippen LogP contribution in [0.15, 0.2) is 6.07 Å². The molecule has 0 aliphatic heterocycles. The van der Waals surface area contributed by atoms with E-state index in [1.165, 1.54) is 6.07 Å². The van der Waals surface area contributed by atoms with Gasteiger partial charge < -0.3 is 10.5 Å². The molecule has 1 heterocycles. The summed E-state index contributed by atoms with van der Waals surface area (Å²) in [5, 5.41) is 19.0. The topological polar surface area (TPSA) is 115 Å². The van der Waals surface area contributed by atoms with Crippen molar-refractivity contribution in [1.29, 1.82) is 5.26 Å². The molecule has 2 N–H and O–H groups in total. The zero-order valence-corrected chi connectivity index (χ0v) is 7.85. The number of nitrogens with two attached hydrogens (primary N) is 1. The fraction of sp³-hybridized carbons (Fsp3) is 0.143. The number of nitrogen functional groups attached to an aromatic ring is 1. The quantitative estimate of drug-likeness (QED) is 0.623. The Bertz CT molecular complexity index is 508. The maximum absolute atomic E-state index is 11.9. The number of rotatable bonds is 2. The van der Waals surface area contributed by atoms with Gasteiger partial charge in [-0.15, -0.1) is 13.2 Å². The molecule has 90 valence electrons. The molecule has 0 spiro atoms. The first kappa shape index (κ1) is 12.5. The SMILES string of the molecule is N#Cc1nc(OC(F)(F)F)cc([N+](=O)[O-])c1N. The van der Waals surface area contributed by atoms with Crippen LogP contribution in [0.5, 0.6) is 5.88 Å². The van der Waals surface area contributed by atoms with Gasteiger partial charge in [0.25, 0.3) is 0 Å². The fourth-order valence-electron chi connectivity index (χ4n) is 0.926. The maximum Gasteiger partial charge on any atom is 0.574 e. The Hall–Kier alpha value is -2.57. The van der Waals surface area contributed by atoms with Gasteiger partial charge >= 0.3 is 12.0 Å². The highest BCUT2D eigenvalue weighted by molar-refractivity contribution is 5.65. The summed E-state index contributed by atoms with van der Waals surface area (Å²) in [6, 6.07) is 1.72. The molecule has 0 aromatic carbocycles. The molecule has 17 heavy (non-hydrogen) atoms. The summed E-state index contributed by atoms with van der Waals surface area (Å²) in [4.78, 5) is 12.5. The third-order valence-corrected chi connectivity index (χ3v) is 1.54. The number of halogens is 3. The van der Waals surface area contributed by atoms with Crippen molar-refractivity contribution in [2.24, 2.45) is 0 Å². The normalized spacial score (nSPS) is 10.7. The van der Waals surface area contributed by atoms with Crippen LogP contribution in [0.4, 0.5) is 24.5 Å². The van der Waals surface area contributed by atoms with Crippen LogP contribution >= 0.6 is 0 Å². The number of nitriles is 1. The van der Waals surface area contributed by atoms with E-state index in [1.807, 2.05) is 0 Å². The van der Waals surface area contributed by atoms with Crippen molar-refractivity contribution in [3.8, 4) is 11.9 Å². The smallest absolute Gasteiger partial charge is 0.391 e. The zero-order valence-electron chi connectivity index (χ0n) is 7.85. The molecule has 1 aromatic rings. The number of anilines is 1. The predicted octanol–water partition coefficient (Wildman–Crippen LogP) is 1.34. The Balaban J connectivity index is 3.32. The summed E-state index contributed by atoms with van der Waals surface area (Å²) in [7, 11) is 0. The number of hydrogen-bond donors (Lipinski definition) is 1. The molecule has 0 atom stereocenters. The monoisotopic (exact) mass is 248 g/mol. The summed E-state index contributed by atoms with van der Waals surface area (Å²) >= 11 is 0. The van der Waals surface area contributed by atoms with Crippen LogP contribution in [0.1, 0.15) is 5.69 Å². The van der Waals surface area contributed by atoms with Gasteiger partial charge in [-0.2, -0.15) is 10.2 Å². The van der Waals surface area contributed by atoms with E-state index in [1.54, 1.807) is 0 Å². The van der Waals surface area contributed by atoms with Crippen molar-refractivity contribution in [3.63, 3.8) is 0 Å². The highest BCUT2D eigenvalue weighted by Gasteiger charge is 2.33. The van der Waals surface area contributed by atoms with Crippen molar-refractivity contribution in [2.75, 3.05) is 5.73 Å². The Labute approximate surface area is 91.4 Å². The van der Waals surface area contributed by atoms with Gasteiger partial charge in [-0.1, -0.05) is 0 Å². The van der Waals surface area contributed by atoms with E-state index < -0.39 is 34.2 Å². The molecule has 0 radical (unpaired) electrons. The predicted molar refractivity (Wildman–Crippen MR) is 46.7 cm³/mol. The largest absolute Gasteiger partial charge is 0.574 e. The van der Waals surface area contributed by atoms with E-state index in [2.05, 4.69) is 9.72 Å². The summed E-state index contributed by atoms with van der Waals surface area (Å²) in [6.07, 6.45) is -5.07. The van der Waals surface area contributed by atoms with Crippen LogP contribution in [-0.2, 0) is 0 Å². The lowest BCUT2D eigenvalue weighted by Crippen LogP contribution is -2.18. The van der Waals surface area contributed by atoms with Gasteiger partial charge in [0.1, 0.15) is 11.8 Å². The molecule has 0 unspecified atom stereocenters. The standard InChI is InChI=1S/C7H3F3N4O3/c8-7(9,10)17-5-1-4(14(15)16)6(12)3(2-11)13-5/h1H,12H2. The third kappa shape index (κ3) is 2.94. The minimum atomic E-state index is -5.07. The lowest BCUT2D eigenvalue weighted by molar-refractivity contribution is -0.384. The van der Waals surface area contributed by atoms with E-state index >= 15 is 0 Å². The minimum Gasteiger partial charge on any atom is -0.391 e. The van der Waals surface area contributed by atoms with E-state index in [9.17, 15) is 23.3 Å². The molecular formula is C7H3F3N4O3. The van der Waals surface area contributed by atoms with Gasteiger partial charge in [-0.25, -0.2) is 0 Å². The van der Waals surface area contributed by atoms with E-state index in [0.29, 0.717) is 6.07 Å². The second-order valence-electron chi connectivity index (χ2n) is 2.66. The van der Waals surface area contributed by atoms with Crippen LogP contribution in [0.25, 0.3) is 0 Å². The van der Waals surface area contributed by atoms with Crippen LogP contribution in [-0.4, -0.2) is 16.3 Å². The number of ether oxygens (including phenoxy) is 1. The van der Waals surface area contributed by atoms with Gasteiger partial charge in [0, 0.05) is 0 Å². The fourth-order valence-corrected chi connectivity index (χ4v) is 0.926. The van der Waals surface area contributed by atoms with Gasteiger partial charge in [0.2, 0.25) is 5.88 Å². The summed E-state index contributed by atoms with van der Waals surface area (Å²) in [5.41, 5.74) is 2.96. The van der Waals surface area contributed by atoms with E-state index in [-0.39, 0.29) is 0 Å². The van der Waals surface area contributed by atoms with Crippen molar-refractivity contribution >= 4 is 11.4 Å². The summed E-state index contributed by atoms with van der Waals surface area (Å²) in [6.45, 7) is 0. The molecule has 0 amide bonds. The van der Waals surface area contributed by atoms with E-state index in [0.717, 1.165) is 0 Å². The van der Waals surface area contributed by atoms with Crippen molar-refractivity contribution in [2.45, 2.75) is 6.36 Å². The summed E-state index contributed by atoms with van der Waals surface area (Å²) in [5.74, 6) is -1.12. The van der Waals surface area contributed by atoms with Crippen LogP contribution < -0.4 is 10.5 Å². The molecule has 1 rings (SSSR count). The Morgan fingerprint density at radius 1 is 1.59 bits per heavy atom. The first-order chi connectivity index (χ1) is 7.74. The molecular weight excluding hydrogens is 245 g/mol. The molecule has 7 nitrogen and oxygen atoms in total. The minimum absolute atomic E-state index is 0.393. The van der Waals surface area contributed by atoms with E-state index in [4.69, 9.17) is 11.0 Å². The first-order valence-electron chi connectivity index (χ1n) is 3.85. The molecule has 0 saturated carbocycles. The number of alkyl halides is 3. The number of aromatic nitrogens is 1. The van der Waals surface area contributed by atoms with Gasteiger partial charge in [-0.05, 0) is 0 Å². The van der Waals surface area contributed by atoms with Crippen molar-refractivity contribution < 1.29 is 22.8 Å². The lowest BCUT2D eigenvalue weighted by Gasteiger charge is -2.08. The average molecular weight is 248 g/mol. The molecule has 10 heteroatoms. The van der Waals surface area contributed by atoms with Gasteiger partial charge in [0.05, 0.1) is 11.0 Å². The van der Waals surface area contributed by atoms with Crippen LogP contribution in [0, 0.1) is 21.4 Å². The van der Waals surface area contributed by atoms with Gasteiger partial charge in [-0.3, -0.25) is 10.1 Å². The maximum atomic E-state index is 11.9. The molecule has 0 aliphatic carbocycles. The average Bonchev–Trinajstić information content (AvgIpc) is 2.17. The van der Waals surface area contributed by atoms with Crippen LogP contribution in [0.2, 0.25) is 0 Å². The number of hydrogen-bond acceptors (Lipinski definition) is 6. The zero-order chi connectivity index (χ0) is 13.2. The molecule has 0 bridgehead atoms. The number of nitrogens with zero attached hydrogens (tertiary/aromatic N) is 3. The lowest BCUT2D eigenvalue weighted by atomic mass is 10.2. The Morgan fingerprint density at radius 3 is 2.59 bits per heavy atom. The van der Waals surface area contributed by atoms with Crippen molar-refractivity contribution in [1.82, 2.24) is 4.98 Å². The molecule has 0 aliphatic rings. The molecule has 0 saturated heterocycles. The summed E-state index contributed by atoms with van der Waals surface area (Å²) < 4.78 is 39.0. The number of pyridine rings is 1. The second-order valence-corrected chi connectivity index (χ2v) is 2.66. The highest BCUT2D eigenvalue weighted by atomic mass is 19.4. The Morgan fingerprint density at radius 2 is 2.18 bits per heavy atom. The van der Waals surface area contributed by atoms with Crippen LogP contribution in [0.3, 0.4) is 0 Å². The molecule has 1 aromatic heterocycles. The first-order valence-corrected chi connectivity index (χ1v) is 3.85. The third-order valence-electron chi connectivity index (χ3n) is 1.54. The second kappa shape index (κ2) is 4.12. The number of nitro groups is 1. The highest BCUT2D eigenvalue weighted by Crippen LogP contribution is 2.30. The molecule has 0 fully saturated rings. The van der Waals surface area contributed by atoms with Gasteiger partial charge in [0.15, 0.2) is 5.69 Å². The van der Waals surface area contributed by atoms with Crippen molar-refractivity contribution in [3.05, 3.63) is 21.9 Å². The Kier molecular flexibility index (Phi) is 3.03.